The molecule has 0 aliphatic carbocycles. The molecule has 4 nitrogen and oxygen atoms in total. The Morgan fingerprint density at radius 1 is 1.47 bits per heavy atom. The summed E-state index contributed by atoms with van der Waals surface area (Å²) in [5.74, 6) is 0.896. The summed E-state index contributed by atoms with van der Waals surface area (Å²) in [6, 6.07) is 5.15. The van der Waals surface area contributed by atoms with Crippen molar-refractivity contribution in [3.05, 3.63) is 18.2 Å². The number of benzene rings is 1. The SMILES string of the molecule is CCOc1cccc2c1NCC(C)CS2(=O)=O. The van der Waals surface area contributed by atoms with Gasteiger partial charge in [0.1, 0.15) is 5.75 Å². The summed E-state index contributed by atoms with van der Waals surface area (Å²) in [4.78, 5) is 0.354. The van der Waals surface area contributed by atoms with E-state index in [1.807, 2.05) is 13.8 Å². The largest absolute Gasteiger partial charge is 0.492 e. The monoisotopic (exact) mass is 255 g/mol. The van der Waals surface area contributed by atoms with Gasteiger partial charge in [0.25, 0.3) is 0 Å². The van der Waals surface area contributed by atoms with Crippen LogP contribution in [0.4, 0.5) is 5.69 Å². The fraction of sp³-hybridized carbons (Fsp3) is 0.500. The molecule has 0 amide bonds. The molecule has 5 heteroatoms. The summed E-state index contributed by atoms with van der Waals surface area (Å²) in [7, 11) is -3.21. The van der Waals surface area contributed by atoms with Crippen molar-refractivity contribution in [1.29, 1.82) is 0 Å². The number of rotatable bonds is 2. The number of hydrogen-bond donors (Lipinski definition) is 1. The molecule has 0 bridgehead atoms. The molecule has 0 radical (unpaired) electrons. The summed E-state index contributed by atoms with van der Waals surface area (Å²) < 4.78 is 29.8. The highest BCUT2D eigenvalue weighted by molar-refractivity contribution is 7.91. The van der Waals surface area contributed by atoms with Gasteiger partial charge in [-0.1, -0.05) is 13.0 Å². The lowest BCUT2D eigenvalue weighted by molar-refractivity contribution is 0.341. The van der Waals surface area contributed by atoms with Gasteiger partial charge in [-0.2, -0.15) is 0 Å². The predicted octanol–water partition coefficient (Wildman–Crippen LogP) is 1.92. The van der Waals surface area contributed by atoms with Gasteiger partial charge in [-0.25, -0.2) is 8.42 Å². The number of para-hydroxylation sites is 1. The number of ether oxygens (including phenoxy) is 1. The van der Waals surface area contributed by atoms with Gasteiger partial charge in [-0.3, -0.25) is 0 Å². The number of fused-ring (bicyclic) bond motifs is 1. The molecule has 1 aliphatic heterocycles. The second-order valence-electron chi connectivity index (χ2n) is 4.33. The Morgan fingerprint density at radius 2 is 2.24 bits per heavy atom. The highest BCUT2D eigenvalue weighted by atomic mass is 32.2. The molecule has 1 unspecified atom stereocenters. The Morgan fingerprint density at radius 3 is 2.94 bits per heavy atom. The molecule has 1 N–H and O–H groups in total. The van der Waals surface area contributed by atoms with Crippen molar-refractivity contribution in [2.75, 3.05) is 24.2 Å². The standard InChI is InChI=1S/C12H17NO3S/c1-3-16-10-5-4-6-11-12(10)13-7-9(2)8-17(11,14)15/h4-6,9,13H,3,7-8H2,1-2H3. The van der Waals surface area contributed by atoms with E-state index < -0.39 is 9.84 Å². The quantitative estimate of drug-likeness (QED) is 0.877. The van der Waals surface area contributed by atoms with Crippen molar-refractivity contribution in [3.8, 4) is 5.75 Å². The van der Waals surface area contributed by atoms with Crippen LogP contribution in [0.15, 0.2) is 23.1 Å². The van der Waals surface area contributed by atoms with Gasteiger partial charge < -0.3 is 10.1 Å². The molecular formula is C12H17NO3S. The Balaban J connectivity index is 2.55. The lowest BCUT2D eigenvalue weighted by Crippen LogP contribution is -2.15. The molecule has 2 rings (SSSR count). The van der Waals surface area contributed by atoms with Crippen LogP contribution in [0.5, 0.6) is 5.75 Å². The smallest absolute Gasteiger partial charge is 0.180 e. The summed E-state index contributed by atoms with van der Waals surface area (Å²) in [5.41, 5.74) is 0.610. The van der Waals surface area contributed by atoms with Crippen molar-refractivity contribution in [1.82, 2.24) is 0 Å². The van der Waals surface area contributed by atoms with Crippen LogP contribution in [0, 0.1) is 5.92 Å². The number of sulfone groups is 1. The molecule has 1 aliphatic rings. The van der Waals surface area contributed by atoms with Crippen LogP contribution in [-0.2, 0) is 9.84 Å². The first-order valence-electron chi connectivity index (χ1n) is 5.77. The molecule has 1 aromatic carbocycles. The first-order chi connectivity index (χ1) is 8.04. The van der Waals surface area contributed by atoms with Crippen LogP contribution in [0.25, 0.3) is 0 Å². The van der Waals surface area contributed by atoms with Gasteiger partial charge in [0, 0.05) is 6.54 Å². The number of anilines is 1. The molecule has 0 saturated heterocycles. The van der Waals surface area contributed by atoms with E-state index in [4.69, 9.17) is 4.74 Å². The second-order valence-corrected chi connectivity index (χ2v) is 6.33. The van der Waals surface area contributed by atoms with Crippen molar-refractivity contribution >= 4 is 15.5 Å². The maximum Gasteiger partial charge on any atom is 0.180 e. The Hall–Kier alpha value is -1.23. The van der Waals surface area contributed by atoms with E-state index >= 15 is 0 Å². The van der Waals surface area contributed by atoms with Crippen LogP contribution in [0.2, 0.25) is 0 Å². The van der Waals surface area contributed by atoms with E-state index in [0.29, 0.717) is 29.5 Å². The second kappa shape index (κ2) is 4.56. The van der Waals surface area contributed by atoms with Crippen LogP contribution in [-0.4, -0.2) is 27.3 Å². The van der Waals surface area contributed by atoms with E-state index in [2.05, 4.69) is 5.32 Å². The third-order valence-electron chi connectivity index (χ3n) is 2.75. The maximum absolute atomic E-state index is 12.2. The third-order valence-corrected chi connectivity index (χ3v) is 4.77. The summed E-state index contributed by atoms with van der Waals surface area (Å²) in [6.45, 7) is 4.98. The molecule has 0 saturated carbocycles. The lowest BCUT2D eigenvalue weighted by atomic mass is 10.2. The van der Waals surface area contributed by atoms with Gasteiger partial charge in [0.2, 0.25) is 0 Å². The van der Waals surface area contributed by atoms with Gasteiger partial charge in [-0.05, 0) is 25.0 Å². The molecule has 1 atom stereocenters. The highest BCUT2D eigenvalue weighted by Gasteiger charge is 2.27. The van der Waals surface area contributed by atoms with Crippen molar-refractivity contribution < 1.29 is 13.2 Å². The summed E-state index contributed by atoms with van der Waals surface area (Å²) in [5, 5.41) is 3.18. The van der Waals surface area contributed by atoms with E-state index in [1.165, 1.54) is 0 Å². The minimum Gasteiger partial charge on any atom is -0.492 e. The fourth-order valence-electron chi connectivity index (χ4n) is 2.02. The zero-order chi connectivity index (χ0) is 12.5. The van der Waals surface area contributed by atoms with Crippen LogP contribution in [0.1, 0.15) is 13.8 Å². The molecule has 17 heavy (non-hydrogen) atoms. The van der Waals surface area contributed by atoms with Crippen LogP contribution in [0.3, 0.4) is 0 Å². The van der Waals surface area contributed by atoms with E-state index in [1.54, 1.807) is 18.2 Å². The minimum atomic E-state index is -3.21. The van der Waals surface area contributed by atoms with Gasteiger partial charge in [-0.15, -0.1) is 0 Å². The Labute approximate surface area is 102 Å². The topological polar surface area (TPSA) is 55.4 Å². The molecule has 94 valence electrons. The predicted molar refractivity (Wildman–Crippen MR) is 67.3 cm³/mol. The molecule has 1 heterocycles. The summed E-state index contributed by atoms with van der Waals surface area (Å²) in [6.07, 6.45) is 0. The van der Waals surface area contributed by atoms with Gasteiger partial charge >= 0.3 is 0 Å². The van der Waals surface area contributed by atoms with Crippen molar-refractivity contribution in [2.45, 2.75) is 18.7 Å². The molecule has 0 spiro atoms. The lowest BCUT2D eigenvalue weighted by Gasteiger charge is -2.13. The van der Waals surface area contributed by atoms with Crippen molar-refractivity contribution in [3.63, 3.8) is 0 Å². The number of nitrogens with one attached hydrogen (secondary N) is 1. The average Bonchev–Trinajstić information content (AvgIpc) is 2.37. The zero-order valence-corrected chi connectivity index (χ0v) is 10.9. The molecule has 0 fully saturated rings. The average molecular weight is 255 g/mol. The van der Waals surface area contributed by atoms with Crippen molar-refractivity contribution in [2.24, 2.45) is 5.92 Å². The van der Waals surface area contributed by atoms with Gasteiger partial charge in [0.15, 0.2) is 9.84 Å². The zero-order valence-electron chi connectivity index (χ0n) is 10.1. The van der Waals surface area contributed by atoms with Gasteiger partial charge in [0.05, 0.1) is 22.9 Å². The first kappa shape index (κ1) is 12.2. The Bertz CT molecular complexity index is 510. The summed E-state index contributed by atoms with van der Waals surface area (Å²) >= 11 is 0. The minimum absolute atomic E-state index is 0.0990. The Kier molecular flexibility index (Phi) is 3.28. The number of hydrogen-bond acceptors (Lipinski definition) is 4. The molecular weight excluding hydrogens is 238 g/mol. The first-order valence-corrected chi connectivity index (χ1v) is 7.42. The van der Waals surface area contributed by atoms with E-state index in [0.717, 1.165) is 0 Å². The molecule has 0 aromatic heterocycles. The van der Waals surface area contributed by atoms with Crippen LogP contribution < -0.4 is 10.1 Å². The highest BCUT2D eigenvalue weighted by Crippen LogP contribution is 2.35. The molecule has 1 aromatic rings. The normalized spacial score (nSPS) is 22.1. The van der Waals surface area contributed by atoms with E-state index in [9.17, 15) is 8.42 Å². The van der Waals surface area contributed by atoms with E-state index in [-0.39, 0.29) is 11.7 Å². The fourth-order valence-corrected chi connectivity index (χ4v) is 3.84. The third kappa shape index (κ3) is 2.39. The maximum atomic E-state index is 12.2. The van der Waals surface area contributed by atoms with Crippen LogP contribution >= 0.6 is 0 Å².